The van der Waals surface area contributed by atoms with E-state index >= 15 is 0 Å². The Hall–Kier alpha value is -3.70. The molecule has 160 valence electrons. The minimum atomic E-state index is -4.06. The van der Waals surface area contributed by atoms with Crippen LogP contribution in [0.1, 0.15) is 17.4 Å². The van der Waals surface area contributed by atoms with Crippen molar-refractivity contribution in [2.45, 2.75) is 10.9 Å². The van der Waals surface area contributed by atoms with Crippen LogP contribution in [0.4, 0.5) is 0 Å². The summed E-state index contributed by atoms with van der Waals surface area (Å²) in [6.45, 7) is 0. The monoisotopic (exact) mass is 441 g/mol. The van der Waals surface area contributed by atoms with Gasteiger partial charge in [0.05, 0.1) is 22.9 Å². The number of nitrogens with zero attached hydrogens (tertiary/aromatic N) is 2. The number of fused-ring (bicyclic) bond motifs is 1. The van der Waals surface area contributed by atoms with Crippen LogP contribution in [0.5, 0.6) is 5.75 Å². The standard InChI is InChI=1S/C20H19N5O5S/c1-25-10-9-21-18(25)17(12-3-5-13(30-2)6-4-12)24-31(28,29)14-7-8-16-15(11-14)19(26)23-20(27)22-16/h3-11,17,24H,1-2H3,(H2,22,23,26,27). The van der Waals surface area contributed by atoms with Crippen LogP contribution in [-0.2, 0) is 17.1 Å². The molecule has 4 rings (SSSR count). The molecule has 1 atom stereocenters. The second-order valence-corrected chi connectivity index (χ2v) is 8.55. The topological polar surface area (TPSA) is 139 Å². The molecule has 0 spiro atoms. The molecule has 10 nitrogen and oxygen atoms in total. The molecule has 0 bridgehead atoms. The molecule has 2 aromatic carbocycles. The van der Waals surface area contributed by atoms with Crippen LogP contribution >= 0.6 is 0 Å². The molecule has 0 radical (unpaired) electrons. The van der Waals surface area contributed by atoms with Crippen molar-refractivity contribution in [2.24, 2.45) is 7.05 Å². The molecule has 0 aliphatic carbocycles. The zero-order valence-corrected chi connectivity index (χ0v) is 17.4. The summed E-state index contributed by atoms with van der Waals surface area (Å²) in [5.74, 6) is 1.12. The van der Waals surface area contributed by atoms with E-state index < -0.39 is 27.3 Å². The number of aromatic amines is 2. The van der Waals surface area contributed by atoms with Crippen molar-refractivity contribution >= 4 is 20.9 Å². The number of nitrogens with one attached hydrogen (secondary N) is 3. The van der Waals surface area contributed by atoms with Gasteiger partial charge in [-0.05, 0) is 35.9 Å². The van der Waals surface area contributed by atoms with E-state index in [1.807, 2.05) is 0 Å². The van der Waals surface area contributed by atoms with Crippen molar-refractivity contribution in [3.05, 3.63) is 87.1 Å². The Labute approximate surface area is 176 Å². The lowest BCUT2D eigenvalue weighted by molar-refractivity contribution is 0.414. The first kappa shape index (κ1) is 20.6. The third-order valence-electron chi connectivity index (χ3n) is 4.86. The highest BCUT2D eigenvalue weighted by Gasteiger charge is 2.26. The minimum absolute atomic E-state index is 0.0560. The highest BCUT2D eigenvalue weighted by Crippen LogP contribution is 2.25. The average molecular weight is 441 g/mol. The molecule has 0 saturated heterocycles. The maximum atomic E-state index is 13.2. The molecule has 2 heterocycles. The number of imidazole rings is 1. The number of aromatic nitrogens is 4. The molecule has 2 aromatic heterocycles. The number of benzene rings is 2. The van der Waals surface area contributed by atoms with Crippen LogP contribution in [-0.4, -0.2) is 35.0 Å². The normalized spacial score (nSPS) is 12.7. The summed E-state index contributed by atoms with van der Waals surface area (Å²) in [7, 11) is -0.757. The molecule has 3 N–H and O–H groups in total. The molecular formula is C20H19N5O5S. The number of H-pyrrole nitrogens is 2. The van der Waals surface area contributed by atoms with Crippen molar-refractivity contribution in [2.75, 3.05) is 7.11 Å². The minimum Gasteiger partial charge on any atom is -0.497 e. The molecular weight excluding hydrogens is 422 g/mol. The van der Waals surface area contributed by atoms with Crippen molar-refractivity contribution in [1.82, 2.24) is 24.2 Å². The Bertz CT molecular complexity index is 1470. The third kappa shape index (κ3) is 4.00. The van der Waals surface area contributed by atoms with Gasteiger partial charge < -0.3 is 14.3 Å². The second kappa shape index (κ2) is 7.85. The van der Waals surface area contributed by atoms with Gasteiger partial charge in [-0.2, -0.15) is 4.72 Å². The van der Waals surface area contributed by atoms with Crippen LogP contribution in [0.3, 0.4) is 0 Å². The summed E-state index contributed by atoms with van der Waals surface area (Å²) < 4.78 is 36.0. The van der Waals surface area contributed by atoms with E-state index in [2.05, 4.69) is 19.7 Å². The maximum absolute atomic E-state index is 13.2. The summed E-state index contributed by atoms with van der Waals surface area (Å²) in [5.41, 5.74) is -0.447. The number of rotatable bonds is 6. The Morgan fingerprint density at radius 2 is 1.84 bits per heavy atom. The van der Waals surface area contributed by atoms with Crippen molar-refractivity contribution in [3.8, 4) is 5.75 Å². The molecule has 4 aromatic rings. The number of sulfonamides is 1. The maximum Gasteiger partial charge on any atom is 0.326 e. The van der Waals surface area contributed by atoms with Gasteiger partial charge in [-0.3, -0.25) is 9.78 Å². The van der Waals surface area contributed by atoms with Crippen LogP contribution in [0, 0.1) is 0 Å². The molecule has 0 aliphatic rings. The lowest BCUT2D eigenvalue weighted by Gasteiger charge is -2.19. The quantitative estimate of drug-likeness (QED) is 0.408. The van der Waals surface area contributed by atoms with E-state index in [4.69, 9.17) is 4.74 Å². The summed E-state index contributed by atoms with van der Waals surface area (Å²) in [5, 5.41) is 0.0560. The second-order valence-electron chi connectivity index (χ2n) is 6.84. The smallest absolute Gasteiger partial charge is 0.326 e. The largest absolute Gasteiger partial charge is 0.497 e. The van der Waals surface area contributed by atoms with E-state index in [0.717, 1.165) is 0 Å². The van der Waals surface area contributed by atoms with E-state index in [1.54, 1.807) is 55.4 Å². The molecule has 0 amide bonds. The van der Waals surface area contributed by atoms with Gasteiger partial charge in [0.2, 0.25) is 10.0 Å². The SMILES string of the molecule is COc1ccc(C(NS(=O)(=O)c2ccc3[nH]c(=O)[nH]c(=O)c3c2)c2nccn2C)cc1. The van der Waals surface area contributed by atoms with Gasteiger partial charge >= 0.3 is 5.69 Å². The zero-order valence-electron chi connectivity index (χ0n) is 16.6. The van der Waals surface area contributed by atoms with Crippen LogP contribution in [0.2, 0.25) is 0 Å². The van der Waals surface area contributed by atoms with Crippen molar-refractivity contribution < 1.29 is 13.2 Å². The highest BCUT2D eigenvalue weighted by atomic mass is 32.2. The molecule has 11 heteroatoms. The summed E-state index contributed by atoms with van der Waals surface area (Å²) in [6.07, 6.45) is 3.29. The van der Waals surface area contributed by atoms with Gasteiger partial charge in [0.25, 0.3) is 5.56 Å². The Morgan fingerprint density at radius 1 is 1.10 bits per heavy atom. The number of hydrogen-bond donors (Lipinski definition) is 3. The molecule has 0 saturated carbocycles. The van der Waals surface area contributed by atoms with Crippen LogP contribution < -0.4 is 20.7 Å². The fourth-order valence-electron chi connectivity index (χ4n) is 3.26. The first-order valence-electron chi connectivity index (χ1n) is 9.18. The van der Waals surface area contributed by atoms with Gasteiger partial charge in [0.1, 0.15) is 17.6 Å². The van der Waals surface area contributed by atoms with E-state index in [-0.39, 0.29) is 15.8 Å². The van der Waals surface area contributed by atoms with Crippen LogP contribution in [0.25, 0.3) is 10.9 Å². The Morgan fingerprint density at radius 3 is 2.48 bits per heavy atom. The fourth-order valence-corrected chi connectivity index (χ4v) is 4.46. The predicted molar refractivity (Wildman–Crippen MR) is 114 cm³/mol. The van der Waals surface area contributed by atoms with E-state index in [9.17, 15) is 18.0 Å². The molecule has 1 unspecified atom stereocenters. The van der Waals surface area contributed by atoms with Gasteiger partial charge in [-0.15, -0.1) is 0 Å². The molecule has 31 heavy (non-hydrogen) atoms. The number of methoxy groups -OCH3 is 1. The van der Waals surface area contributed by atoms with E-state index in [1.165, 1.54) is 18.2 Å². The third-order valence-corrected chi connectivity index (χ3v) is 6.28. The first-order valence-corrected chi connectivity index (χ1v) is 10.7. The zero-order chi connectivity index (χ0) is 22.2. The van der Waals surface area contributed by atoms with Crippen molar-refractivity contribution in [3.63, 3.8) is 0 Å². The Balaban J connectivity index is 1.78. The summed E-state index contributed by atoms with van der Waals surface area (Å²) in [6, 6.07) is 10.1. The number of aryl methyl sites for hydroxylation is 1. The lowest BCUT2D eigenvalue weighted by atomic mass is 10.1. The molecule has 0 fully saturated rings. The van der Waals surface area contributed by atoms with Gasteiger partial charge in [0.15, 0.2) is 0 Å². The number of ether oxygens (including phenoxy) is 1. The van der Waals surface area contributed by atoms with Gasteiger partial charge in [-0.25, -0.2) is 18.2 Å². The van der Waals surface area contributed by atoms with Crippen molar-refractivity contribution in [1.29, 1.82) is 0 Å². The summed E-state index contributed by atoms with van der Waals surface area (Å²) >= 11 is 0. The first-order chi connectivity index (χ1) is 14.8. The Kier molecular flexibility index (Phi) is 5.21. The predicted octanol–water partition coefficient (Wildman–Crippen LogP) is 1.03. The van der Waals surface area contributed by atoms with E-state index in [0.29, 0.717) is 17.1 Å². The van der Waals surface area contributed by atoms with Gasteiger partial charge in [-0.1, -0.05) is 12.1 Å². The van der Waals surface area contributed by atoms with Crippen LogP contribution in [0.15, 0.2) is 69.3 Å². The van der Waals surface area contributed by atoms with Gasteiger partial charge in [0, 0.05) is 19.4 Å². The average Bonchev–Trinajstić information content (AvgIpc) is 3.17. The molecule has 0 aliphatic heterocycles. The summed E-state index contributed by atoms with van der Waals surface area (Å²) in [4.78, 5) is 32.3. The lowest BCUT2D eigenvalue weighted by Crippen LogP contribution is -2.31. The number of hydrogen-bond acceptors (Lipinski definition) is 6. The highest BCUT2D eigenvalue weighted by molar-refractivity contribution is 7.89. The fraction of sp³-hybridized carbons (Fsp3) is 0.150.